The van der Waals surface area contributed by atoms with E-state index >= 15 is 0 Å². The number of amides is 3. The van der Waals surface area contributed by atoms with Crippen LogP contribution in [0.15, 0.2) is 18.6 Å². The molecule has 2 N–H and O–H groups in total. The van der Waals surface area contributed by atoms with Crippen LogP contribution in [0.3, 0.4) is 0 Å². The zero-order valence-corrected chi connectivity index (χ0v) is 8.06. The SMILES string of the molecule is CCOC(=O)NC(=O)Nc1cnccn1. The number of hydrogen-bond donors (Lipinski definition) is 2. The number of urea groups is 1. The molecule has 0 aliphatic rings. The second kappa shape index (κ2) is 5.53. The number of nitrogens with zero attached hydrogens (tertiary/aromatic N) is 2. The van der Waals surface area contributed by atoms with Crippen molar-refractivity contribution < 1.29 is 14.3 Å². The van der Waals surface area contributed by atoms with Crippen LogP contribution in [0.1, 0.15) is 6.92 Å². The molecule has 15 heavy (non-hydrogen) atoms. The summed E-state index contributed by atoms with van der Waals surface area (Å²) >= 11 is 0. The highest BCUT2D eigenvalue weighted by molar-refractivity contribution is 5.98. The van der Waals surface area contributed by atoms with Crippen molar-refractivity contribution in [2.24, 2.45) is 0 Å². The Morgan fingerprint density at radius 3 is 2.87 bits per heavy atom. The number of ether oxygens (including phenoxy) is 1. The van der Waals surface area contributed by atoms with Crippen LogP contribution in [-0.4, -0.2) is 28.7 Å². The molecule has 0 spiro atoms. The maximum absolute atomic E-state index is 11.1. The summed E-state index contributed by atoms with van der Waals surface area (Å²) in [5, 5.41) is 4.26. The van der Waals surface area contributed by atoms with Crippen LogP contribution in [0.2, 0.25) is 0 Å². The van der Waals surface area contributed by atoms with Gasteiger partial charge in [-0.05, 0) is 6.92 Å². The lowest BCUT2D eigenvalue weighted by molar-refractivity contribution is 0.154. The quantitative estimate of drug-likeness (QED) is 0.751. The molecule has 0 aliphatic carbocycles. The van der Waals surface area contributed by atoms with Gasteiger partial charge in [0.05, 0.1) is 12.8 Å². The molecule has 7 nitrogen and oxygen atoms in total. The number of anilines is 1. The lowest BCUT2D eigenvalue weighted by Crippen LogP contribution is -2.35. The third-order valence-corrected chi connectivity index (χ3v) is 1.30. The second-order valence-corrected chi connectivity index (χ2v) is 2.39. The smallest absolute Gasteiger partial charge is 0.415 e. The normalized spacial score (nSPS) is 9.13. The van der Waals surface area contributed by atoms with Crippen molar-refractivity contribution in [1.29, 1.82) is 0 Å². The van der Waals surface area contributed by atoms with Gasteiger partial charge in [-0.25, -0.2) is 19.9 Å². The summed E-state index contributed by atoms with van der Waals surface area (Å²) in [6.07, 6.45) is 3.43. The first-order chi connectivity index (χ1) is 7.22. The molecule has 0 aromatic carbocycles. The third-order valence-electron chi connectivity index (χ3n) is 1.30. The minimum absolute atomic E-state index is 0.199. The van der Waals surface area contributed by atoms with Gasteiger partial charge in [0.25, 0.3) is 0 Å². The lowest BCUT2D eigenvalue weighted by atomic mass is 10.6. The molecule has 1 aromatic rings. The highest BCUT2D eigenvalue weighted by atomic mass is 16.5. The number of rotatable bonds is 2. The maximum atomic E-state index is 11.1. The van der Waals surface area contributed by atoms with Gasteiger partial charge in [0.2, 0.25) is 0 Å². The van der Waals surface area contributed by atoms with Crippen LogP contribution in [0.4, 0.5) is 15.4 Å². The second-order valence-electron chi connectivity index (χ2n) is 2.39. The van der Waals surface area contributed by atoms with Crippen LogP contribution >= 0.6 is 0 Å². The van der Waals surface area contributed by atoms with Crippen LogP contribution in [0.25, 0.3) is 0 Å². The van der Waals surface area contributed by atoms with Crippen molar-refractivity contribution in [1.82, 2.24) is 15.3 Å². The van der Waals surface area contributed by atoms with Crippen molar-refractivity contribution in [3.05, 3.63) is 18.6 Å². The van der Waals surface area contributed by atoms with Gasteiger partial charge in [0.15, 0.2) is 5.82 Å². The van der Waals surface area contributed by atoms with E-state index in [2.05, 4.69) is 20.0 Å². The molecular formula is C8H10N4O3. The van der Waals surface area contributed by atoms with Crippen LogP contribution in [-0.2, 0) is 4.74 Å². The lowest BCUT2D eigenvalue weighted by Gasteiger charge is -2.04. The Kier molecular flexibility index (Phi) is 4.02. The summed E-state index contributed by atoms with van der Waals surface area (Å²) in [6, 6.07) is -0.714. The molecule has 1 aromatic heterocycles. The summed E-state index contributed by atoms with van der Waals surface area (Å²) in [4.78, 5) is 29.4. The molecule has 0 bridgehead atoms. The zero-order chi connectivity index (χ0) is 11.1. The average molecular weight is 210 g/mol. The molecule has 0 aliphatic heterocycles. The number of imide groups is 1. The molecule has 0 saturated carbocycles. The van der Waals surface area contributed by atoms with Gasteiger partial charge >= 0.3 is 12.1 Å². The minimum Gasteiger partial charge on any atom is -0.450 e. The van der Waals surface area contributed by atoms with E-state index in [0.29, 0.717) is 0 Å². The number of hydrogen-bond acceptors (Lipinski definition) is 5. The van der Waals surface area contributed by atoms with E-state index in [9.17, 15) is 9.59 Å². The van der Waals surface area contributed by atoms with Crippen molar-refractivity contribution in [3.63, 3.8) is 0 Å². The topological polar surface area (TPSA) is 93.2 Å². The summed E-state index contributed by atoms with van der Waals surface area (Å²) < 4.78 is 4.50. The Morgan fingerprint density at radius 2 is 2.27 bits per heavy atom. The Morgan fingerprint density at radius 1 is 1.47 bits per heavy atom. The molecule has 3 amide bonds. The number of aromatic nitrogens is 2. The fourth-order valence-electron chi connectivity index (χ4n) is 0.771. The monoisotopic (exact) mass is 210 g/mol. The number of carbonyl (C=O) groups is 2. The Hall–Kier alpha value is -2.18. The van der Waals surface area contributed by atoms with Crippen molar-refractivity contribution in [2.45, 2.75) is 6.92 Å². The molecule has 0 unspecified atom stereocenters. The van der Waals surface area contributed by atoms with Crippen molar-refractivity contribution in [2.75, 3.05) is 11.9 Å². The summed E-state index contributed by atoms with van der Waals surface area (Å²) in [5.41, 5.74) is 0. The van der Waals surface area contributed by atoms with E-state index in [1.807, 2.05) is 5.32 Å². The van der Waals surface area contributed by atoms with E-state index in [-0.39, 0.29) is 12.4 Å². The first kappa shape index (κ1) is 10.9. The van der Waals surface area contributed by atoms with Crippen LogP contribution in [0, 0.1) is 0 Å². The Bertz CT molecular complexity index is 341. The van der Waals surface area contributed by atoms with E-state index in [1.54, 1.807) is 6.92 Å². The highest BCUT2D eigenvalue weighted by Gasteiger charge is 2.07. The number of nitrogens with one attached hydrogen (secondary N) is 2. The summed E-state index contributed by atoms with van der Waals surface area (Å²) in [7, 11) is 0. The Balaban J connectivity index is 2.40. The van der Waals surface area contributed by atoms with Gasteiger partial charge in [0.1, 0.15) is 0 Å². The van der Waals surface area contributed by atoms with E-state index in [1.165, 1.54) is 18.6 Å². The Labute approximate surface area is 85.9 Å². The first-order valence-corrected chi connectivity index (χ1v) is 4.23. The molecule has 0 radical (unpaired) electrons. The molecule has 1 heterocycles. The van der Waals surface area contributed by atoms with Gasteiger partial charge in [-0.1, -0.05) is 0 Å². The fourth-order valence-corrected chi connectivity index (χ4v) is 0.771. The summed E-state index contributed by atoms with van der Waals surface area (Å²) in [6.45, 7) is 1.84. The van der Waals surface area contributed by atoms with Gasteiger partial charge < -0.3 is 4.74 Å². The number of alkyl carbamates (subject to hydrolysis) is 1. The zero-order valence-electron chi connectivity index (χ0n) is 8.06. The minimum atomic E-state index is -0.807. The van der Waals surface area contributed by atoms with Crippen LogP contribution in [0.5, 0.6) is 0 Å². The predicted molar refractivity (Wildman–Crippen MR) is 51.2 cm³/mol. The molecule has 80 valence electrons. The number of carbonyl (C=O) groups excluding carboxylic acids is 2. The van der Waals surface area contributed by atoms with Crippen LogP contribution < -0.4 is 10.6 Å². The largest absolute Gasteiger partial charge is 0.450 e. The average Bonchev–Trinajstić information content (AvgIpc) is 2.19. The van der Waals surface area contributed by atoms with Gasteiger partial charge in [-0.15, -0.1) is 0 Å². The fraction of sp³-hybridized carbons (Fsp3) is 0.250. The third kappa shape index (κ3) is 4.03. The van der Waals surface area contributed by atoms with Gasteiger partial charge in [-0.2, -0.15) is 0 Å². The molecule has 7 heteroatoms. The van der Waals surface area contributed by atoms with Gasteiger partial charge in [-0.3, -0.25) is 10.3 Å². The molecule has 1 rings (SSSR count). The van der Waals surface area contributed by atoms with Crippen molar-refractivity contribution in [3.8, 4) is 0 Å². The van der Waals surface area contributed by atoms with E-state index in [4.69, 9.17) is 0 Å². The maximum Gasteiger partial charge on any atom is 0.415 e. The van der Waals surface area contributed by atoms with Gasteiger partial charge in [0, 0.05) is 12.4 Å². The van der Waals surface area contributed by atoms with E-state index < -0.39 is 12.1 Å². The molecule has 0 saturated heterocycles. The molecule has 0 atom stereocenters. The highest BCUT2D eigenvalue weighted by Crippen LogP contribution is 1.95. The molecule has 0 fully saturated rings. The molecular weight excluding hydrogens is 200 g/mol. The van der Waals surface area contributed by atoms with E-state index in [0.717, 1.165) is 0 Å². The summed E-state index contributed by atoms with van der Waals surface area (Å²) in [5.74, 6) is 0.249. The van der Waals surface area contributed by atoms with Crippen molar-refractivity contribution >= 4 is 17.9 Å². The first-order valence-electron chi connectivity index (χ1n) is 4.23. The standard InChI is InChI=1S/C8H10N4O3/c1-2-15-8(14)12-7(13)11-6-5-9-3-4-10-6/h3-5H,2H2,1H3,(H2,10,11,12,13,14). The predicted octanol–water partition coefficient (Wildman–Crippen LogP) is 0.755.